The summed E-state index contributed by atoms with van der Waals surface area (Å²) in [7, 11) is 0. The van der Waals surface area contributed by atoms with Gasteiger partial charge in [0.15, 0.2) is 0 Å². The number of carbonyl (C=O) groups excluding carboxylic acids is 1. The molecule has 4 heteroatoms. The normalized spacial score (nSPS) is 19.0. The number of aryl methyl sites for hydroxylation is 1. The zero-order valence-corrected chi connectivity index (χ0v) is 10.6. The van der Waals surface area contributed by atoms with Gasteiger partial charge in [-0.15, -0.1) is 0 Å². The maximum atomic E-state index is 11.8. The molecule has 1 atom stereocenters. The van der Waals surface area contributed by atoms with Gasteiger partial charge in [-0.05, 0) is 31.0 Å². The van der Waals surface area contributed by atoms with Crippen LogP contribution >= 0.6 is 0 Å². The highest BCUT2D eigenvalue weighted by Crippen LogP contribution is 2.14. The number of ether oxygens (including phenoxy) is 1. The largest absolute Gasteiger partial charge is 0.493 e. The number of benzene rings is 1. The molecule has 2 rings (SSSR count). The summed E-state index contributed by atoms with van der Waals surface area (Å²) in [5, 5.41) is 9.36. The fourth-order valence-corrected chi connectivity index (χ4v) is 2.09. The quantitative estimate of drug-likeness (QED) is 0.876. The van der Waals surface area contributed by atoms with Gasteiger partial charge in [0, 0.05) is 13.1 Å². The van der Waals surface area contributed by atoms with Crippen LogP contribution in [0.1, 0.15) is 18.4 Å². The summed E-state index contributed by atoms with van der Waals surface area (Å²) in [6.07, 6.45) is 0.692. The molecule has 1 aliphatic heterocycles. The Bertz CT molecular complexity index is 419. The molecule has 1 aliphatic rings. The fraction of sp³-hybridized carbons (Fsp3) is 0.500. The van der Waals surface area contributed by atoms with E-state index in [2.05, 4.69) is 0 Å². The van der Waals surface area contributed by atoms with Gasteiger partial charge < -0.3 is 14.7 Å². The molecule has 0 saturated carbocycles. The first kappa shape index (κ1) is 12.9. The third kappa shape index (κ3) is 3.47. The number of aliphatic hydroxyl groups excluding tert-OH is 1. The highest BCUT2D eigenvalue weighted by molar-refractivity contribution is 5.76. The Labute approximate surface area is 107 Å². The van der Waals surface area contributed by atoms with Crippen LogP contribution in [0.15, 0.2) is 24.3 Å². The molecular formula is C14H19NO3. The fourth-order valence-electron chi connectivity index (χ4n) is 2.09. The van der Waals surface area contributed by atoms with E-state index >= 15 is 0 Å². The van der Waals surface area contributed by atoms with Crippen LogP contribution < -0.4 is 4.74 Å². The van der Waals surface area contributed by atoms with Crippen molar-refractivity contribution in [2.24, 2.45) is 0 Å². The minimum atomic E-state index is -0.355. The summed E-state index contributed by atoms with van der Waals surface area (Å²) in [6.45, 7) is 3.51. The Morgan fingerprint density at radius 2 is 2.39 bits per heavy atom. The standard InChI is InChI=1S/C14H19NO3/c1-11-3-2-4-13(9-11)18-8-6-14(17)15-7-5-12(16)10-15/h2-4,9,12,16H,5-8,10H2,1H3/t12-/m1/s1. The van der Waals surface area contributed by atoms with Crippen molar-refractivity contribution < 1.29 is 14.6 Å². The molecule has 18 heavy (non-hydrogen) atoms. The van der Waals surface area contributed by atoms with E-state index in [1.165, 1.54) is 0 Å². The van der Waals surface area contributed by atoms with Crippen molar-refractivity contribution in [1.29, 1.82) is 0 Å². The molecule has 0 unspecified atom stereocenters. The van der Waals surface area contributed by atoms with Crippen molar-refractivity contribution >= 4 is 5.91 Å². The molecule has 0 aliphatic carbocycles. The second kappa shape index (κ2) is 5.87. The summed E-state index contributed by atoms with van der Waals surface area (Å²) in [5.74, 6) is 0.850. The van der Waals surface area contributed by atoms with Crippen LogP contribution in [0.5, 0.6) is 5.75 Å². The molecule has 1 amide bonds. The molecule has 0 aromatic heterocycles. The number of hydrogen-bond acceptors (Lipinski definition) is 3. The molecule has 1 N–H and O–H groups in total. The average Bonchev–Trinajstić information content (AvgIpc) is 2.76. The number of likely N-dealkylation sites (tertiary alicyclic amines) is 1. The average molecular weight is 249 g/mol. The van der Waals surface area contributed by atoms with E-state index in [1.54, 1.807) is 4.90 Å². The number of carbonyl (C=O) groups is 1. The van der Waals surface area contributed by atoms with Crippen LogP contribution in [-0.2, 0) is 4.79 Å². The maximum Gasteiger partial charge on any atom is 0.226 e. The van der Waals surface area contributed by atoms with E-state index in [4.69, 9.17) is 4.74 Å². The molecule has 1 saturated heterocycles. The Balaban J connectivity index is 1.73. The Hall–Kier alpha value is -1.55. The number of β-amino-alcohol motifs (C(OH)–C–C–N with tert-alkyl or cyclic N) is 1. The van der Waals surface area contributed by atoms with Crippen LogP contribution in [0, 0.1) is 6.92 Å². The van der Waals surface area contributed by atoms with E-state index in [-0.39, 0.29) is 12.0 Å². The van der Waals surface area contributed by atoms with E-state index in [0.717, 1.165) is 11.3 Å². The molecule has 1 aromatic carbocycles. The molecule has 1 aromatic rings. The Kier molecular flexibility index (Phi) is 4.20. The maximum absolute atomic E-state index is 11.8. The summed E-state index contributed by atoms with van der Waals surface area (Å²) < 4.78 is 5.53. The molecule has 98 valence electrons. The van der Waals surface area contributed by atoms with Crippen molar-refractivity contribution in [2.75, 3.05) is 19.7 Å². The van der Waals surface area contributed by atoms with Gasteiger partial charge in [0.05, 0.1) is 19.1 Å². The van der Waals surface area contributed by atoms with Crippen molar-refractivity contribution in [3.05, 3.63) is 29.8 Å². The van der Waals surface area contributed by atoms with Crippen LogP contribution in [-0.4, -0.2) is 41.7 Å². The lowest BCUT2D eigenvalue weighted by Crippen LogP contribution is -2.30. The highest BCUT2D eigenvalue weighted by atomic mass is 16.5. The van der Waals surface area contributed by atoms with Crippen LogP contribution in [0.4, 0.5) is 0 Å². The van der Waals surface area contributed by atoms with Gasteiger partial charge in [-0.2, -0.15) is 0 Å². The van der Waals surface area contributed by atoms with E-state index in [9.17, 15) is 9.90 Å². The van der Waals surface area contributed by atoms with Crippen LogP contribution in [0.3, 0.4) is 0 Å². The minimum absolute atomic E-state index is 0.0548. The summed E-state index contributed by atoms with van der Waals surface area (Å²) in [6, 6.07) is 7.77. The number of aliphatic hydroxyl groups is 1. The zero-order chi connectivity index (χ0) is 13.0. The van der Waals surface area contributed by atoms with E-state index < -0.39 is 0 Å². The molecule has 0 radical (unpaired) electrons. The first-order valence-electron chi connectivity index (χ1n) is 6.30. The van der Waals surface area contributed by atoms with E-state index in [0.29, 0.717) is 32.5 Å². The molecule has 1 heterocycles. The van der Waals surface area contributed by atoms with Gasteiger partial charge in [0.2, 0.25) is 5.91 Å². The lowest BCUT2D eigenvalue weighted by atomic mass is 10.2. The number of nitrogens with zero attached hydrogens (tertiary/aromatic N) is 1. The summed E-state index contributed by atoms with van der Waals surface area (Å²) in [5.41, 5.74) is 1.14. The number of rotatable bonds is 4. The predicted molar refractivity (Wildman–Crippen MR) is 68.5 cm³/mol. The van der Waals surface area contributed by atoms with Gasteiger partial charge in [-0.25, -0.2) is 0 Å². The summed E-state index contributed by atoms with van der Waals surface area (Å²) >= 11 is 0. The van der Waals surface area contributed by atoms with Gasteiger partial charge in [0.25, 0.3) is 0 Å². The molecule has 4 nitrogen and oxygen atoms in total. The topological polar surface area (TPSA) is 49.8 Å². The van der Waals surface area contributed by atoms with Crippen LogP contribution in [0.25, 0.3) is 0 Å². The van der Waals surface area contributed by atoms with E-state index in [1.807, 2.05) is 31.2 Å². The smallest absolute Gasteiger partial charge is 0.226 e. The first-order valence-corrected chi connectivity index (χ1v) is 6.30. The predicted octanol–water partition coefficient (Wildman–Crippen LogP) is 1.36. The number of amides is 1. The van der Waals surface area contributed by atoms with Crippen molar-refractivity contribution in [3.63, 3.8) is 0 Å². The zero-order valence-electron chi connectivity index (χ0n) is 10.6. The van der Waals surface area contributed by atoms with Crippen molar-refractivity contribution in [2.45, 2.75) is 25.9 Å². The third-order valence-corrected chi connectivity index (χ3v) is 3.09. The van der Waals surface area contributed by atoms with Crippen LogP contribution in [0.2, 0.25) is 0 Å². The highest BCUT2D eigenvalue weighted by Gasteiger charge is 2.23. The third-order valence-electron chi connectivity index (χ3n) is 3.09. The second-order valence-electron chi connectivity index (χ2n) is 4.70. The monoisotopic (exact) mass is 249 g/mol. The molecule has 0 spiro atoms. The Morgan fingerprint density at radius 3 is 3.06 bits per heavy atom. The second-order valence-corrected chi connectivity index (χ2v) is 4.70. The van der Waals surface area contributed by atoms with Gasteiger partial charge in [0.1, 0.15) is 5.75 Å². The van der Waals surface area contributed by atoms with Gasteiger partial charge in [-0.1, -0.05) is 12.1 Å². The van der Waals surface area contributed by atoms with Gasteiger partial charge >= 0.3 is 0 Å². The SMILES string of the molecule is Cc1cccc(OCCC(=O)N2CC[C@@H](O)C2)c1. The molecular weight excluding hydrogens is 230 g/mol. The summed E-state index contributed by atoms with van der Waals surface area (Å²) in [4.78, 5) is 13.5. The van der Waals surface area contributed by atoms with Crippen molar-refractivity contribution in [1.82, 2.24) is 4.90 Å². The van der Waals surface area contributed by atoms with Crippen molar-refractivity contribution in [3.8, 4) is 5.75 Å². The Morgan fingerprint density at radius 1 is 1.56 bits per heavy atom. The lowest BCUT2D eigenvalue weighted by molar-refractivity contribution is -0.131. The minimum Gasteiger partial charge on any atom is -0.493 e. The first-order chi connectivity index (χ1) is 8.65. The lowest BCUT2D eigenvalue weighted by Gasteiger charge is -2.15. The number of hydrogen-bond donors (Lipinski definition) is 1. The molecule has 1 fully saturated rings. The van der Waals surface area contributed by atoms with Gasteiger partial charge in [-0.3, -0.25) is 4.79 Å². The molecule has 0 bridgehead atoms.